The van der Waals surface area contributed by atoms with Crippen molar-refractivity contribution in [3.63, 3.8) is 0 Å². The van der Waals surface area contributed by atoms with E-state index in [4.69, 9.17) is 4.74 Å². The van der Waals surface area contributed by atoms with Crippen LogP contribution in [0.4, 0.5) is 0 Å². The number of ketones is 1. The minimum Gasteiger partial charge on any atom is -0.497 e. The molecule has 16 heavy (non-hydrogen) atoms. The van der Waals surface area contributed by atoms with Gasteiger partial charge in [0.25, 0.3) is 0 Å². The molecule has 0 radical (unpaired) electrons. The van der Waals surface area contributed by atoms with Crippen molar-refractivity contribution >= 4 is 5.78 Å². The first kappa shape index (κ1) is 11.2. The molecule has 0 unspecified atom stereocenters. The quantitative estimate of drug-likeness (QED) is 0.762. The van der Waals surface area contributed by atoms with Crippen LogP contribution in [-0.4, -0.2) is 12.9 Å². The van der Waals surface area contributed by atoms with Crippen LogP contribution in [0.1, 0.15) is 37.7 Å². The molecule has 2 heteroatoms. The van der Waals surface area contributed by atoms with E-state index in [0.29, 0.717) is 18.1 Å². The fourth-order valence-electron chi connectivity index (χ4n) is 2.34. The molecule has 1 fully saturated rings. The van der Waals surface area contributed by atoms with Crippen molar-refractivity contribution < 1.29 is 9.53 Å². The summed E-state index contributed by atoms with van der Waals surface area (Å²) in [5.41, 5.74) is 1.24. The summed E-state index contributed by atoms with van der Waals surface area (Å²) in [4.78, 5) is 11.7. The van der Waals surface area contributed by atoms with Crippen LogP contribution < -0.4 is 4.74 Å². The lowest BCUT2D eigenvalue weighted by atomic mass is 9.78. The monoisotopic (exact) mass is 218 g/mol. The highest BCUT2D eigenvalue weighted by Crippen LogP contribution is 2.34. The Kier molecular flexibility index (Phi) is 3.28. The average Bonchev–Trinajstić information content (AvgIpc) is 2.33. The van der Waals surface area contributed by atoms with Crippen LogP contribution in [-0.2, 0) is 4.79 Å². The van der Waals surface area contributed by atoms with E-state index in [-0.39, 0.29) is 5.92 Å². The Morgan fingerprint density at radius 1 is 1.31 bits per heavy atom. The maximum atomic E-state index is 11.7. The Hall–Kier alpha value is -1.31. The predicted octanol–water partition coefficient (Wildman–Crippen LogP) is 3.17. The first-order chi connectivity index (χ1) is 7.70. The van der Waals surface area contributed by atoms with Crippen LogP contribution >= 0.6 is 0 Å². The van der Waals surface area contributed by atoms with Gasteiger partial charge in [-0.15, -0.1) is 0 Å². The largest absolute Gasteiger partial charge is 0.497 e. The number of hydrogen-bond donors (Lipinski definition) is 0. The number of ether oxygens (including phenoxy) is 1. The molecular weight excluding hydrogens is 200 g/mol. The van der Waals surface area contributed by atoms with Gasteiger partial charge in [0.05, 0.1) is 7.11 Å². The summed E-state index contributed by atoms with van der Waals surface area (Å²) >= 11 is 0. The number of methoxy groups -OCH3 is 1. The minimum absolute atomic E-state index is 0.252. The molecule has 2 nitrogen and oxygen atoms in total. The van der Waals surface area contributed by atoms with Gasteiger partial charge in [-0.25, -0.2) is 0 Å². The third kappa shape index (κ3) is 2.26. The maximum Gasteiger partial charge on any atom is 0.136 e. The summed E-state index contributed by atoms with van der Waals surface area (Å²) in [6.45, 7) is 2.03. The Labute approximate surface area is 96.6 Å². The minimum atomic E-state index is 0.252. The zero-order chi connectivity index (χ0) is 11.5. The smallest absolute Gasteiger partial charge is 0.136 e. The molecule has 1 aromatic carbocycles. The summed E-state index contributed by atoms with van der Waals surface area (Å²) < 4.78 is 5.21. The number of hydrogen-bond acceptors (Lipinski definition) is 2. The van der Waals surface area contributed by atoms with E-state index in [9.17, 15) is 4.79 Å². The number of carbonyl (C=O) groups is 1. The number of rotatable bonds is 2. The summed E-state index contributed by atoms with van der Waals surface area (Å²) in [6.07, 6.45) is 2.81. The van der Waals surface area contributed by atoms with E-state index in [2.05, 4.69) is 6.07 Å². The first-order valence-corrected chi connectivity index (χ1v) is 5.87. The summed E-state index contributed by atoms with van der Waals surface area (Å²) in [7, 11) is 1.67. The van der Waals surface area contributed by atoms with Crippen molar-refractivity contribution in [3.05, 3.63) is 29.8 Å². The van der Waals surface area contributed by atoms with E-state index in [1.54, 1.807) is 7.11 Å². The van der Waals surface area contributed by atoms with Crippen LogP contribution in [0.3, 0.4) is 0 Å². The van der Waals surface area contributed by atoms with Gasteiger partial charge in [0, 0.05) is 12.3 Å². The predicted molar refractivity (Wildman–Crippen MR) is 63.8 cm³/mol. The van der Waals surface area contributed by atoms with Crippen molar-refractivity contribution in [2.24, 2.45) is 5.92 Å². The van der Waals surface area contributed by atoms with Gasteiger partial charge < -0.3 is 4.74 Å². The van der Waals surface area contributed by atoms with E-state index in [1.807, 2.05) is 25.1 Å². The van der Waals surface area contributed by atoms with E-state index in [0.717, 1.165) is 18.6 Å². The molecule has 1 aliphatic carbocycles. The van der Waals surface area contributed by atoms with Gasteiger partial charge in [-0.3, -0.25) is 4.79 Å². The van der Waals surface area contributed by atoms with E-state index in [1.165, 1.54) is 5.56 Å². The second-order valence-corrected chi connectivity index (χ2v) is 4.62. The van der Waals surface area contributed by atoms with Crippen LogP contribution in [0.15, 0.2) is 24.3 Å². The first-order valence-electron chi connectivity index (χ1n) is 5.87. The summed E-state index contributed by atoms with van der Waals surface area (Å²) in [6, 6.07) is 8.08. The van der Waals surface area contributed by atoms with Crippen LogP contribution in [0.25, 0.3) is 0 Å². The SMILES string of the molecule is COc1cccc([C@H]2CC[C@H](C)C(=O)C2)c1. The van der Waals surface area contributed by atoms with Crippen LogP contribution in [0.2, 0.25) is 0 Å². The highest BCUT2D eigenvalue weighted by Gasteiger charge is 2.26. The second-order valence-electron chi connectivity index (χ2n) is 4.62. The van der Waals surface area contributed by atoms with E-state index >= 15 is 0 Å². The van der Waals surface area contributed by atoms with Gasteiger partial charge >= 0.3 is 0 Å². The lowest BCUT2D eigenvalue weighted by Crippen LogP contribution is -2.21. The Morgan fingerprint density at radius 3 is 2.81 bits per heavy atom. The highest BCUT2D eigenvalue weighted by atomic mass is 16.5. The zero-order valence-corrected chi connectivity index (χ0v) is 9.90. The Morgan fingerprint density at radius 2 is 2.12 bits per heavy atom. The molecule has 0 heterocycles. The summed E-state index contributed by atoms with van der Waals surface area (Å²) in [5.74, 6) is 1.92. The second kappa shape index (κ2) is 4.69. The highest BCUT2D eigenvalue weighted by molar-refractivity contribution is 5.82. The Bertz CT molecular complexity index is 384. The molecule has 2 rings (SSSR count). The molecule has 0 aliphatic heterocycles. The van der Waals surface area contributed by atoms with Crippen molar-refractivity contribution in [1.29, 1.82) is 0 Å². The van der Waals surface area contributed by atoms with Crippen molar-refractivity contribution in [2.75, 3.05) is 7.11 Å². The molecule has 1 aromatic rings. The zero-order valence-electron chi connectivity index (χ0n) is 9.90. The fraction of sp³-hybridized carbons (Fsp3) is 0.500. The topological polar surface area (TPSA) is 26.3 Å². The van der Waals surface area contributed by atoms with Crippen molar-refractivity contribution in [2.45, 2.75) is 32.1 Å². The molecule has 86 valence electrons. The molecule has 0 N–H and O–H groups in total. The van der Waals surface area contributed by atoms with Crippen LogP contribution in [0.5, 0.6) is 5.75 Å². The van der Waals surface area contributed by atoms with Gasteiger partial charge in [-0.2, -0.15) is 0 Å². The molecule has 1 saturated carbocycles. The molecule has 0 spiro atoms. The van der Waals surface area contributed by atoms with Crippen molar-refractivity contribution in [3.8, 4) is 5.75 Å². The van der Waals surface area contributed by atoms with Gasteiger partial charge in [0.15, 0.2) is 0 Å². The standard InChI is InChI=1S/C14H18O2/c1-10-6-7-12(9-14(10)15)11-4-3-5-13(8-11)16-2/h3-5,8,10,12H,6-7,9H2,1-2H3/t10-,12-/m0/s1. The molecule has 0 bridgehead atoms. The van der Waals surface area contributed by atoms with Crippen LogP contribution in [0, 0.1) is 5.92 Å². The van der Waals surface area contributed by atoms with Crippen molar-refractivity contribution in [1.82, 2.24) is 0 Å². The number of carbonyl (C=O) groups excluding carboxylic acids is 1. The average molecular weight is 218 g/mol. The maximum absolute atomic E-state index is 11.7. The fourth-order valence-corrected chi connectivity index (χ4v) is 2.34. The molecular formula is C14H18O2. The molecule has 0 amide bonds. The third-order valence-corrected chi connectivity index (χ3v) is 3.51. The molecule has 0 aromatic heterocycles. The molecule has 1 aliphatic rings. The lowest BCUT2D eigenvalue weighted by Gasteiger charge is -2.25. The van der Waals surface area contributed by atoms with Gasteiger partial charge in [0.1, 0.15) is 11.5 Å². The normalized spacial score (nSPS) is 25.5. The number of Topliss-reactive ketones (excluding diaryl/α,β-unsaturated/α-hetero) is 1. The third-order valence-electron chi connectivity index (χ3n) is 3.51. The van der Waals surface area contributed by atoms with Gasteiger partial charge in [-0.05, 0) is 36.5 Å². The Balaban J connectivity index is 2.15. The molecule has 0 saturated heterocycles. The summed E-state index contributed by atoms with van der Waals surface area (Å²) in [5, 5.41) is 0. The lowest BCUT2D eigenvalue weighted by molar-refractivity contribution is -0.124. The van der Waals surface area contributed by atoms with Gasteiger partial charge in [-0.1, -0.05) is 19.1 Å². The van der Waals surface area contributed by atoms with E-state index < -0.39 is 0 Å². The van der Waals surface area contributed by atoms with Gasteiger partial charge in [0.2, 0.25) is 0 Å². The molecule has 2 atom stereocenters. The number of benzene rings is 1.